The third-order valence-corrected chi connectivity index (χ3v) is 4.02. The molecule has 126 valence electrons. The van der Waals surface area contributed by atoms with Crippen molar-refractivity contribution in [1.29, 1.82) is 0 Å². The number of ketones is 3. The Morgan fingerprint density at radius 2 is 1.41 bits per heavy atom. The number of hydrogen-bond donors (Lipinski definition) is 0. The zero-order valence-corrected chi connectivity index (χ0v) is 14.6. The first-order valence-electron chi connectivity index (χ1n) is 8.58. The first-order valence-corrected chi connectivity index (χ1v) is 8.58. The number of allylic oxidation sites excluding steroid dienone is 1. The maximum absolute atomic E-state index is 11.9. The Bertz CT molecular complexity index is 382. The second-order valence-electron chi connectivity index (χ2n) is 6.28. The van der Waals surface area contributed by atoms with E-state index in [0.29, 0.717) is 38.0 Å². The van der Waals surface area contributed by atoms with Gasteiger partial charge in [-0.25, -0.2) is 0 Å². The highest BCUT2D eigenvalue weighted by molar-refractivity contribution is 5.85. The Morgan fingerprint density at radius 1 is 0.864 bits per heavy atom. The number of carbonyl (C=O) groups excluding carboxylic acids is 3. The van der Waals surface area contributed by atoms with Gasteiger partial charge in [-0.3, -0.25) is 9.59 Å². The van der Waals surface area contributed by atoms with Gasteiger partial charge in [0.05, 0.1) is 0 Å². The first kappa shape index (κ1) is 20.8. The van der Waals surface area contributed by atoms with E-state index in [-0.39, 0.29) is 17.3 Å². The van der Waals surface area contributed by atoms with Gasteiger partial charge >= 0.3 is 0 Å². The summed E-state index contributed by atoms with van der Waals surface area (Å²) in [7, 11) is 0. The summed E-state index contributed by atoms with van der Waals surface area (Å²) < 4.78 is 0. The van der Waals surface area contributed by atoms with Crippen LogP contribution in [-0.2, 0) is 14.4 Å². The van der Waals surface area contributed by atoms with Crippen LogP contribution in [0.4, 0.5) is 0 Å². The normalized spacial score (nSPS) is 12.0. The summed E-state index contributed by atoms with van der Waals surface area (Å²) in [5, 5.41) is 0. The minimum atomic E-state index is 0.166. The standard InChI is InChI=1S/C19H32O3/c1-5-7-18(21)12-13-19(22)11-10-17(9-8-16(4)20)14-15(3)6-2/h17H,3,5-14H2,1-2,4H3. The number of hydrogen-bond acceptors (Lipinski definition) is 3. The van der Waals surface area contributed by atoms with Crippen molar-refractivity contribution < 1.29 is 14.4 Å². The second kappa shape index (κ2) is 12.3. The predicted octanol–water partition coefficient (Wildman–Crippen LogP) is 4.83. The predicted molar refractivity (Wildman–Crippen MR) is 90.8 cm³/mol. The van der Waals surface area contributed by atoms with Gasteiger partial charge < -0.3 is 4.79 Å². The van der Waals surface area contributed by atoms with Crippen LogP contribution in [0.15, 0.2) is 12.2 Å². The van der Waals surface area contributed by atoms with Crippen LogP contribution in [0.1, 0.15) is 85.0 Å². The minimum Gasteiger partial charge on any atom is -0.300 e. The summed E-state index contributed by atoms with van der Waals surface area (Å²) in [6.07, 6.45) is 6.72. The molecule has 0 radical (unpaired) electrons. The van der Waals surface area contributed by atoms with Crippen LogP contribution in [0.3, 0.4) is 0 Å². The van der Waals surface area contributed by atoms with Gasteiger partial charge in [0.2, 0.25) is 0 Å². The molecule has 0 aliphatic rings. The molecule has 0 heterocycles. The largest absolute Gasteiger partial charge is 0.300 e. The molecule has 3 nitrogen and oxygen atoms in total. The second-order valence-corrected chi connectivity index (χ2v) is 6.28. The van der Waals surface area contributed by atoms with E-state index in [4.69, 9.17) is 0 Å². The molecule has 22 heavy (non-hydrogen) atoms. The molecule has 3 heteroatoms. The third-order valence-electron chi connectivity index (χ3n) is 4.02. The molecule has 0 aromatic carbocycles. The fourth-order valence-electron chi connectivity index (χ4n) is 2.48. The number of rotatable bonds is 14. The zero-order valence-electron chi connectivity index (χ0n) is 14.6. The average Bonchev–Trinajstić information content (AvgIpc) is 2.47. The quantitative estimate of drug-likeness (QED) is 0.432. The SMILES string of the molecule is C=C(CC)CC(CCC(C)=O)CCC(=O)CCC(=O)CCC. The summed E-state index contributed by atoms with van der Waals surface area (Å²) in [5.41, 5.74) is 1.18. The first-order chi connectivity index (χ1) is 10.4. The maximum atomic E-state index is 11.9. The van der Waals surface area contributed by atoms with Gasteiger partial charge in [0.1, 0.15) is 17.3 Å². The Labute approximate surface area is 135 Å². The molecule has 0 aromatic rings. The molecule has 0 spiro atoms. The smallest absolute Gasteiger partial charge is 0.133 e. The van der Waals surface area contributed by atoms with Crippen LogP contribution < -0.4 is 0 Å². The summed E-state index contributed by atoms with van der Waals surface area (Å²) in [6, 6.07) is 0. The third kappa shape index (κ3) is 11.4. The van der Waals surface area contributed by atoms with E-state index in [0.717, 1.165) is 32.1 Å². The van der Waals surface area contributed by atoms with E-state index in [1.165, 1.54) is 5.57 Å². The van der Waals surface area contributed by atoms with Crippen molar-refractivity contribution in [1.82, 2.24) is 0 Å². The van der Waals surface area contributed by atoms with Crippen LogP contribution in [0.25, 0.3) is 0 Å². The van der Waals surface area contributed by atoms with Gasteiger partial charge in [-0.15, -0.1) is 0 Å². The van der Waals surface area contributed by atoms with Gasteiger partial charge in [-0.2, -0.15) is 0 Å². The fourth-order valence-corrected chi connectivity index (χ4v) is 2.48. The minimum absolute atomic E-state index is 0.166. The van der Waals surface area contributed by atoms with Gasteiger partial charge in [0.15, 0.2) is 0 Å². The molecule has 0 aromatic heterocycles. The molecule has 0 N–H and O–H groups in total. The van der Waals surface area contributed by atoms with Gasteiger partial charge in [-0.1, -0.05) is 26.0 Å². The number of Topliss-reactive ketones (excluding diaryl/α,β-unsaturated/α-hetero) is 3. The molecule has 0 rings (SSSR count). The Morgan fingerprint density at radius 3 is 1.91 bits per heavy atom. The summed E-state index contributed by atoms with van der Waals surface area (Å²) in [4.78, 5) is 34.5. The topological polar surface area (TPSA) is 51.2 Å². The molecule has 0 fully saturated rings. The molecule has 1 atom stereocenters. The van der Waals surface area contributed by atoms with E-state index >= 15 is 0 Å². The highest BCUT2D eigenvalue weighted by atomic mass is 16.1. The van der Waals surface area contributed by atoms with Gasteiger partial charge in [-0.05, 0) is 44.9 Å². The lowest BCUT2D eigenvalue weighted by Crippen LogP contribution is -2.09. The van der Waals surface area contributed by atoms with E-state index in [2.05, 4.69) is 13.5 Å². The highest BCUT2D eigenvalue weighted by Crippen LogP contribution is 2.23. The van der Waals surface area contributed by atoms with Crippen molar-refractivity contribution in [3.8, 4) is 0 Å². The van der Waals surface area contributed by atoms with E-state index in [1.807, 2.05) is 6.92 Å². The summed E-state index contributed by atoms with van der Waals surface area (Å²) in [6.45, 7) is 9.69. The summed E-state index contributed by atoms with van der Waals surface area (Å²) in [5.74, 6) is 0.901. The van der Waals surface area contributed by atoms with Crippen LogP contribution in [-0.4, -0.2) is 17.3 Å². The molecular weight excluding hydrogens is 276 g/mol. The lowest BCUT2D eigenvalue weighted by molar-refractivity contribution is -0.124. The molecule has 0 amide bonds. The fraction of sp³-hybridized carbons (Fsp3) is 0.737. The molecule has 0 saturated heterocycles. The van der Waals surface area contributed by atoms with Crippen LogP contribution >= 0.6 is 0 Å². The van der Waals surface area contributed by atoms with E-state index in [1.54, 1.807) is 6.92 Å². The van der Waals surface area contributed by atoms with Gasteiger partial charge in [0.25, 0.3) is 0 Å². The molecule has 0 aliphatic heterocycles. The van der Waals surface area contributed by atoms with Crippen molar-refractivity contribution in [2.24, 2.45) is 5.92 Å². The van der Waals surface area contributed by atoms with Crippen LogP contribution in [0.5, 0.6) is 0 Å². The van der Waals surface area contributed by atoms with E-state index < -0.39 is 0 Å². The van der Waals surface area contributed by atoms with Crippen molar-refractivity contribution in [3.05, 3.63) is 12.2 Å². The molecule has 0 saturated carbocycles. The lowest BCUT2D eigenvalue weighted by Gasteiger charge is -2.17. The maximum Gasteiger partial charge on any atom is 0.133 e. The zero-order chi connectivity index (χ0) is 17.0. The molecular formula is C19H32O3. The molecule has 1 unspecified atom stereocenters. The molecule has 0 aliphatic carbocycles. The molecule has 0 bridgehead atoms. The van der Waals surface area contributed by atoms with Crippen molar-refractivity contribution in [3.63, 3.8) is 0 Å². The van der Waals surface area contributed by atoms with Crippen molar-refractivity contribution in [2.45, 2.75) is 85.0 Å². The lowest BCUT2D eigenvalue weighted by atomic mass is 9.88. The highest BCUT2D eigenvalue weighted by Gasteiger charge is 2.14. The van der Waals surface area contributed by atoms with E-state index in [9.17, 15) is 14.4 Å². The Kier molecular flexibility index (Phi) is 11.6. The number of carbonyl (C=O) groups is 3. The average molecular weight is 308 g/mol. The van der Waals surface area contributed by atoms with Crippen LogP contribution in [0, 0.1) is 5.92 Å². The van der Waals surface area contributed by atoms with Crippen molar-refractivity contribution >= 4 is 17.3 Å². The monoisotopic (exact) mass is 308 g/mol. The van der Waals surface area contributed by atoms with Crippen LogP contribution in [0.2, 0.25) is 0 Å². The Hall–Kier alpha value is -1.25. The summed E-state index contributed by atoms with van der Waals surface area (Å²) >= 11 is 0. The van der Waals surface area contributed by atoms with Crippen molar-refractivity contribution in [2.75, 3.05) is 0 Å². The Balaban J connectivity index is 4.18. The van der Waals surface area contributed by atoms with Gasteiger partial charge in [0, 0.05) is 32.1 Å².